The first-order valence-corrected chi connectivity index (χ1v) is 7.11. The van der Waals surface area contributed by atoms with Crippen molar-refractivity contribution in [2.24, 2.45) is 5.73 Å². The highest BCUT2D eigenvalue weighted by Crippen LogP contribution is 2.28. The molecule has 0 amide bonds. The van der Waals surface area contributed by atoms with Crippen LogP contribution < -0.4 is 20.5 Å². The van der Waals surface area contributed by atoms with E-state index in [9.17, 15) is 9.90 Å². The number of methoxy groups -OCH3 is 2. The van der Waals surface area contributed by atoms with Gasteiger partial charge in [0.15, 0.2) is 6.04 Å². The molecule has 0 aliphatic carbocycles. The number of hydrogen-bond acceptors (Lipinski definition) is 5. The Hall–Kier alpha value is -3.22. The molecule has 0 aliphatic heterocycles. The molecular formula is C17H19N3O4. The number of benzene rings is 2. The standard InChI is InChI=1S/C17H19N3O4/c1-23-13-7-11(8-14(9-13)24-2)15(17(21)22)20-12-5-3-10(4-6-12)16(18)19/h3-9,15,20H,1-2H3,(H3,18,19)(H,21,22). The Labute approximate surface area is 139 Å². The number of carboxylic acids is 1. The van der Waals surface area contributed by atoms with E-state index in [1.807, 2.05) is 0 Å². The molecule has 0 aliphatic rings. The highest BCUT2D eigenvalue weighted by atomic mass is 16.5. The van der Waals surface area contributed by atoms with Gasteiger partial charge in [-0.3, -0.25) is 5.41 Å². The first kappa shape index (κ1) is 17.1. The zero-order valence-electron chi connectivity index (χ0n) is 13.4. The second kappa shape index (κ2) is 7.36. The minimum atomic E-state index is -1.04. The number of nitrogens with one attached hydrogen (secondary N) is 2. The normalized spacial score (nSPS) is 11.4. The maximum absolute atomic E-state index is 11.7. The summed E-state index contributed by atoms with van der Waals surface area (Å²) in [6.07, 6.45) is 0. The lowest BCUT2D eigenvalue weighted by Gasteiger charge is -2.18. The Morgan fingerprint density at radius 2 is 1.67 bits per heavy atom. The molecule has 2 aromatic carbocycles. The smallest absolute Gasteiger partial charge is 0.330 e. The van der Waals surface area contributed by atoms with Crippen molar-refractivity contribution < 1.29 is 19.4 Å². The van der Waals surface area contributed by atoms with Crippen molar-refractivity contribution in [3.8, 4) is 11.5 Å². The summed E-state index contributed by atoms with van der Waals surface area (Å²) in [6.45, 7) is 0. The molecule has 0 bridgehead atoms. The number of amidine groups is 1. The largest absolute Gasteiger partial charge is 0.497 e. The number of rotatable bonds is 7. The topological polar surface area (TPSA) is 118 Å². The van der Waals surface area contributed by atoms with E-state index in [-0.39, 0.29) is 5.84 Å². The lowest BCUT2D eigenvalue weighted by atomic mass is 10.1. The minimum absolute atomic E-state index is 0.0473. The molecule has 2 rings (SSSR count). The van der Waals surface area contributed by atoms with Gasteiger partial charge in [0.25, 0.3) is 0 Å². The van der Waals surface area contributed by atoms with E-state index in [1.54, 1.807) is 42.5 Å². The quantitative estimate of drug-likeness (QED) is 0.457. The van der Waals surface area contributed by atoms with E-state index < -0.39 is 12.0 Å². The summed E-state index contributed by atoms with van der Waals surface area (Å²) in [5, 5.41) is 19.9. The minimum Gasteiger partial charge on any atom is -0.497 e. The first-order valence-electron chi connectivity index (χ1n) is 7.11. The molecule has 24 heavy (non-hydrogen) atoms. The number of anilines is 1. The first-order chi connectivity index (χ1) is 11.4. The van der Waals surface area contributed by atoms with Crippen LogP contribution in [0.2, 0.25) is 0 Å². The fourth-order valence-corrected chi connectivity index (χ4v) is 2.20. The predicted octanol–water partition coefficient (Wildman–Crippen LogP) is 2.23. The van der Waals surface area contributed by atoms with Crippen LogP contribution in [0.1, 0.15) is 17.2 Å². The van der Waals surface area contributed by atoms with E-state index >= 15 is 0 Å². The van der Waals surface area contributed by atoms with Crippen molar-refractivity contribution in [3.63, 3.8) is 0 Å². The molecule has 7 heteroatoms. The predicted molar refractivity (Wildman–Crippen MR) is 91.0 cm³/mol. The Bertz CT molecular complexity index is 722. The van der Waals surface area contributed by atoms with Crippen LogP contribution in [0.25, 0.3) is 0 Å². The fraction of sp³-hybridized carbons (Fsp3) is 0.176. The second-order valence-electron chi connectivity index (χ2n) is 5.05. The highest BCUT2D eigenvalue weighted by Gasteiger charge is 2.21. The summed E-state index contributed by atoms with van der Waals surface area (Å²) in [5.41, 5.74) is 7.06. The summed E-state index contributed by atoms with van der Waals surface area (Å²) in [5.74, 6) is -0.0801. The summed E-state index contributed by atoms with van der Waals surface area (Å²) < 4.78 is 10.4. The zero-order valence-corrected chi connectivity index (χ0v) is 13.4. The number of aliphatic carboxylic acids is 1. The molecule has 0 spiro atoms. The Morgan fingerprint density at radius 3 is 2.08 bits per heavy atom. The average Bonchev–Trinajstić information content (AvgIpc) is 2.59. The van der Waals surface area contributed by atoms with Crippen molar-refractivity contribution in [2.45, 2.75) is 6.04 Å². The maximum atomic E-state index is 11.7. The third-order valence-electron chi connectivity index (χ3n) is 3.46. The monoisotopic (exact) mass is 329 g/mol. The molecule has 126 valence electrons. The van der Waals surface area contributed by atoms with Gasteiger partial charge < -0.3 is 25.6 Å². The van der Waals surface area contributed by atoms with Crippen LogP contribution in [0, 0.1) is 5.41 Å². The van der Waals surface area contributed by atoms with Crippen molar-refractivity contribution >= 4 is 17.5 Å². The van der Waals surface area contributed by atoms with Gasteiger partial charge in [0.05, 0.1) is 14.2 Å². The molecule has 1 unspecified atom stereocenters. The van der Waals surface area contributed by atoms with Crippen LogP contribution in [0.4, 0.5) is 5.69 Å². The van der Waals surface area contributed by atoms with Crippen molar-refractivity contribution in [3.05, 3.63) is 53.6 Å². The molecular weight excluding hydrogens is 310 g/mol. The molecule has 5 N–H and O–H groups in total. The fourth-order valence-electron chi connectivity index (χ4n) is 2.20. The molecule has 7 nitrogen and oxygen atoms in total. The molecule has 2 aromatic rings. The van der Waals surface area contributed by atoms with E-state index in [2.05, 4.69) is 5.32 Å². The van der Waals surface area contributed by atoms with Crippen LogP contribution in [0.15, 0.2) is 42.5 Å². The Morgan fingerprint density at radius 1 is 1.12 bits per heavy atom. The molecule has 1 atom stereocenters. The molecule has 0 radical (unpaired) electrons. The third kappa shape index (κ3) is 3.95. The van der Waals surface area contributed by atoms with E-state index in [1.165, 1.54) is 14.2 Å². The van der Waals surface area contributed by atoms with Crippen LogP contribution in [-0.4, -0.2) is 31.1 Å². The van der Waals surface area contributed by atoms with Crippen LogP contribution in [0.3, 0.4) is 0 Å². The molecule has 0 heterocycles. The number of carbonyl (C=O) groups is 1. The average molecular weight is 329 g/mol. The van der Waals surface area contributed by atoms with Crippen molar-refractivity contribution in [2.75, 3.05) is 19.5 Å². The molecule has 0 aromatic heterocycles. The lowest BCUT2D eigenvalue weighted by Crippen LogP contribution is -2.20. The van der Waals surface area contributed by atoms with E-state index in [0.29, 0.717) is 28.3 Å². The van der Waals surface area contributed by atoms with Gasteiger partial charge in [-0.2, -0.15) is 0 Å². The second-order valence-corrected chi connectivity index (χ2v) is 5.05. The Kier molecular flexibility index (Phi) is 5.26. The van der Waals surface area contributed by atoms with E-state index in [0.717, 1.165) is 0 Å². The molecule has 0 saturated carbocycles. The third-order valence-corrected chi connectivity index (χ3v) is 3.46. The van der Waals surface area contributed by atoms with Gasteiger partial charge in [0.1, 0.15) is 17.3 Å². The van der Waals surface area contributed by atoms with Gasteiger partial charge in [0.2, 0.25) is 0 Å². The van der Waals surface area contributed by atoms with Gasteiger partial charge in [-0.05, 0) is 42.0 Å². The summed E-state index contributed by atoms with van der Waals surface area (Å²) in [6, 6.07) is 10.6. The summed E-state index contributed by atoms with van der Waals surface area (Å²) in [4.78, 5) is 11.7. The zero-order chi connectivity index (χ0) is 17.7. The lowest BCUT2D eigenvalue weighted by molar-refractivity contribution is -0.138. The van der Waals surface area contributed by atoms with Crippen LogP contribution >= 0.6 is 0 Å². The van der Waals surface area contributed by atoms with Crippen molar-refractivity contribution in [1.82, 2.24) is 0 Å². The van der Waals surface area contributed by atoms with Gasteiger partial charge in [-0.15, -0.1) is 0 Å². The number of nitrogen functional groups attached to an aromatic ring is 1. The van der Waals surface area contributed by atoms with Crippen molar-refractivity contribution in [1.29, 1.82) is 5.41 Å². The number of ether oxygens (including phenoxy) is 2. The number of carboxylic acid groups (broad SMARTS) is 1. The van der Waals surface area contributed by atoms with E-state index in [4.69, 9.17) is 20.6 Å². The van der Waals surface area contributed by atoms with Gasteiger partial charge in [-0.25, -0.2) is 4.79 Å². The SMILES string of the molecule is COc1cc(OC)cc(C(Nc2ccc(C(=N)N)cc2)C(=O)O)c1. The molecule has 0 saturated heterocycles. The highest BCUT2D eigenvalue weighted by molar-refractivity contribution is 5.95. The number of nitrogens with two attached hydrogens (primary N) is 1. The maximum Gasteiger partial charge on any atom is 0.330 e. The summed E-state index contributed by atoms with van der Waals surface area (Å²) in [7, 11) is 3.00. The Balaban J connectivity index is 2.32. The van der Waals surface area contributed by atoms with Crippen LogP contribution in [-0.2, 0) is 4.79 Å². The summed E-state index contributed by atoms with van der Waals surface area (Å²) >= 11 is 0. The van der Waals surface area contributed by atoms with Gasteiger partial charge >= 0.3 is 5.97 Å². The number of hydrogen-bond donors (Lipinski definition) is 4. The van der Waals surface area contributed by atoms with Gasteiger partial charge in [0, 0.05) is 17.3 Å². The van der Waals surface area contributed by atoms with Gasteiger partial charge in [-0.1, -0.05) is 0 Å². The molecule has 0 fully saturated rings. The van der Waals surface area contributed by atoms with Crippen LogP contribution in [0.5, 0.6) is 11.5 Å².